The van der Waals surface area contributed by atoms with Crippen LogP contribution in [0.5, 0.6) is 0 Å². The van der Waals surface area contributed by atoms with E-state index >= 15 is 0 Å². The molecule has 1 heterocycles. The van der Waals surface area contributed by atoms with Crippen LogP contribution in [0.3, 0.4) is 0 Å². The molecule has 3 rings (SSSR count). The van der Waals surface area contributed by atoms with Crippen LogP contribution < -0.4 is 20.9 Å². The van der Waals surface area contributed by atoms with Gasteiger partial charge in [-0.05, 0) is 22.9 Å². The van der Waals surface area contributed by atoms with Gasteiger partial charge in [0.1, 0.15) is 11.8 Å². The second-order valence-corrected chi connectivity index (χ2v) is 4.67. The SMILES string of the molecule is CN1NC=c2c1ccc(N=O)/c2=C(/C#N)c1ccccc1. The Balaban J connectivity index is 2.49. The lowest BCUT2D eigenvalue weighted by Gasteiger charge is -2.13. The Morgan fingerprint density at radius 1 is 1.24 bits per heavy atom. The fourth-order valence-electron chi connectivity index (χ4n) is 2.47. The smallest absolute Gasteiger partial charge is 0.117 e. The zero-order valence-electron chi connectivity index (χ0n) is 11.4. The number of nitroso groups, excluding NO2 is 1. The van der Waals surface area contributed by atoms with E-state index in [2.05, 4.69) is 16.7 Å². The maximum absolute atomic E-state index is 11.1. The van der Waals surface area contributed by atoms with E-state index in [1.54, 1.807) is 12.3 Å². The lowest BCUT2D eigenvalue weighted by atomic mass is 10.0. The molecule has 0 spiro atoms. The van der Waals surface area contributed by atoms with Gasteiger partial charge < -0.3 is 5.43 Å². The van der Waals surface area contributed by atoms with Crippen molar-refractivity contribution in [1.82, 2.24) is 5.43 Å². The first-order chi connectivity index (χ1) is 10.3. The average molecular weight is 276 g/mol. The molecule has 102 valence electrons. The zero-order valence-corrected chi connectivity index (χ0v) is 11.4. The zero-order chi connectivity index (χ0) is 14.8. The molecule has 0 amide bonds. The summed E-state index contributed by atoms with van der Waals surface area (Å²) in [6.45, 7) is 0. The number of nitrogens with one attached hydrogen (secondary N) is 1. The van der Waals surface area contributed by atoms with Crippen molar-refractivity contribution in [2.45, 2.75) is 0 Å². The van der Waals surface area contributed by atoms with Gasteiger partial charge in [0.25, 0.3) is 0 Å². The van der Waals surface area contributed by atoms with E-state index < -0.39 is 0 Å². The van der Waals surface area contributed by atoms with Crippen molar-refractivity contribution in [3.63, 3.8) is 0 Å². The number of hydrogen-bond acceptors (Lipinski definition) is 5. The molecule has 0 bridgehead atoms. The quantitative estimate of drug-likeness (QED) is 0.844. The number of hydrazine groups is 1. The van der Waals surface area contributed by atoms with Crippen LogP contribution >= 0.6 is 0 Å². The summed E-state index contributed by atoms with van der Waals surface area (Å²) in [7, 11) is 1.87. The standard InChI is InChI=1S/C16H12N4O/c1-20-15-8-7-14(19-21)16(13(15)10-18-20)12(9-17)11-5-3-2-4-6-11/h2-8,10,18H,1H3/b16-12-. The summed E-state index contributed by atoms with van der Waals surface area (Å²) in [6, 6.07) is 14.9. The Morgan fingerprint density at radius 2 is 2.00 bits per heavy atom. The molecule has 1 N–H and O–H groups in total. The molecule has 0 saturated heterocycles. The highest BCUT2D eigenvalue weighted by atomic mass is 16.3. The average Bonchev–Trinajstić information content (AvgIpc) is 2.91. The summed E-state index contributed by atoms with van der Waals surface area (Å²) in [4.78, 5) is 11.1. The topological polar surface area (TPSA) is 68.5 Å². The van der Waals surface area contributed by atoms with Gasteiger partial charge in [0.05, 0.1) is 11.3 Å². The predicted octanol–water partition coefficient (Wildman–Crippen LogP) is 1.50. The lowest BCUT2D eigenvalue weighted by molar-refractivity contribution is 0.902. The first kappa shape index (κ1) is 12.9. The second kappa shape index (κ2) is 5.10. The Kier molecular flexibility index (Phi) is 3.13. The molecular formula is C16H12N4O. The lowest BCUT2D eigenvalue weighted by Crippen LogP contribution is -2.30. The van der Waals surface area contributed by atoms with Crippen LogP contribution in [0.15, 0.2) is 47.6 Å². The maximum Gasteiger partial charge on any atom is 0.117 e. The number of benzene rings is 2. The molecule has 2 aromatic carbocycles. The Labute approximate surface area is 121 Å². The van der Waals surface area contributed by atoms with Gasteiger partial charge in [0.15, 0.2) is 0 Å². The molecule has 0 aromatic heterocycles. The monoisotopic (exact) mass is 276 g/mol. The third-order valence-corrected chi connectivity index (χ3v) is 3.49. The highest BCUT2D eigenvalue weighted by Crippen LogP contribution is 2.16. The summed E-state index contributed by atoms with van der Waals surface area (Å²) in [5.41, 5.74) is 5.42. The minimum Gasteiger partial charge on any atom is -0.305 e. The highest BCUT2D eigenvalue weighted by Gasteiger charge is 2.15. The molecule has 21 heavy (non-hydrogen) atoms. The van der Waals surface area contributed by atoms with Crippen molar-refractivity contribution < 1.29 is 0 Å². The van der Waals surface area contributed by atoms with Crippen LogP contribution in [0.25, 0.3) is 11.8 Å². The minimum atomic E-state index is 0.266. The van der Waals surface area contributed by atoms with E-state index in [0.717, 1.165) is 16.5 Å². The van der Waals surface area contributed by atoms with E-state index in [1.807, 2.05) is 48.5 Å². The molecule has 5 nitrogen and oxygen atoms in total. The maximum atomic E-state index is 11.1. The van der Waals surface area contributed by atoms with E-state index in [1.165, 1.54) is 0 Å². The van der Waals surface area contributed by atoms with Crippen molar-refractivity contribution in [2.75, 3.05) is 12.1 Å². The molecule has 1 aliphatic heterocycles. The van der Waals surface area contributed by atoms with E-state index in [-0.39, 0.29) is 5.69 Å². The van der Waals surface area contributed by atoms with Crippen LogP contribution in [0.4, 0.5) is 11.4 Å². The van der Waals surface area contributed by atoms with Crippen LogP contribution in [0.2, 0.25) is 0 Å². The summed E-state index contributed by atoms with van der Waals surface area (Å²) >= 11 is 0. The van der Waals surface area contributed by atoms with Gasteiger partial charge >= 0.3 is 0 Å². The summed E-state index contributed by atoms with van der Waals surface area (Å²) < 4.78 is 0. The van der Waals surface area contributed by atoms with Crippen molar-refractivity contribution in [2.24, 2.45) is 5.18 Å². The molecule has 0 unspecified atom stereocenters. The number of hydrogen-bond donors (Lipinski definition) is 1. The molecule has 0 saturated carbocycles. The van der Waals surface area contributed by atoms with Crippen molar-refractivity contribution in [3.8, 4) is 6.07 Å². The third-order valence-electron chi connectivity index (χ3n) is 3.49. The number of rotatable bonds is 2. The molecule has 0 fully saturated rings. The number of fused-ring (bicyclic) bond motifs is 1. The Hall–Kier alpha value is -3.13. The van der Waals surface area contributed by atoms with Crippen molar-refractivity contribution in [3.05, 3.63) is 63.4 Å². The molecule has 0 radical (unpaired) electrons. The number of anilines is 1. The van der Waals surface area contributed by atoms with Crippen LogP contribution in [-0.2, 0) is 0 Å². The molecule has 0 aliphatic carbocycles. The normalized spacial score (nSPS) is 13.6. The first-order valence-corrected chi connectivity index (χ1v) is 6.42. The van der Waals surface area contributed by atoms with Gasteiger partial charge in [0.2, 0.25) is 0 Å². The summed E-state index contributed by atoms with van der Waals surface area (Å²) in [5.74, 6) is 0. The first-order valence-electron chi connectivity index (χ1n) is 6.42. The molecule has 5 heteroatoms. The number of nitrogens with zero attached hydrogens (tertiary/aromatic N) is 3. The summed E-state index contributed by atoms with van der Waals surface area (Å²) in [5, 5.41) is 15.8. The van der Waals surface area contributed by atoms with Crippen LogP contribution in [0.1, 0.15) is 5.56 Å². The minimum absolute atomic E-state index is 0.266. The molecular weight excluding hydrogens is 264 g/mol. The largest absolute Gasteiger partial charge is 0.305 e. The van der Waals surface area contributed by atoms with Gasteiger partial charge in [-0.15, -0.1) is 4.91 Å². The second-order valence-electron chi connectivity index (χ2n) is 4.67. The Morgan fingerprint density at radius 3 is 2.67 bits per heavy atom. The Bertz CT molecular complexity index is 866. The van der Waals surface area contributed by atoms with Gasteiger partial charge in [-0.2, -0.15) is 5.26 Å². The third kappa shape index (κ3) is 2.03. The van der Waals surface area contributed by atoms with Gasteiger partial charge in [-0.25, -0.2) is 0 Å². The molecule has 2 aromatic rings. The number of nitriles is 1. The fraction of sp³-hybridized carbons (Fsp3) is 0.0625. The highest BCUT2D eigenvalue weighted by molar-refractivity contribution is 5.80. The van der Waals surface area contributed by atoms with Crippen LogP contribution in [-0.4, -0.2) is 7.05 Å². The van der Waals surface area contributed by atoms with E-state index in [4.69, 9.17) is 0 Å². The van der Waals surface area contributed by atoms with Crippen molar-refractivity contribution >= 4 is 23.1 Å². The molecule has 1 aliphatic rings. The van der Waals surface area contributed by atoms with Gasteiger partial charge in [-0.1, -0.05) is 30.3 Å². The van der Waals surface area contributed by atoms with E-state index in [0.29, 0.717) is 10.8 Å². The van der Waals surface area contributed by atoms with Gasteiger partial charge in [0, 0.05) is 23.7 Å². The van der Waals surface area contributed by atoms with Gasteiger partial charge in [-0.3, -0.25) is 5.01 Å². The predicted molar refractivity (Wildman–Crippen MR) is 81.7 cm³/mol. The summed E-state index contributed by atoms with van der Waals surface area (Å²) in [6.07, 6.45) is 1.78. The van der Waals surface area contributed by atoms with Crippen molar-refractivity contribution in [1.29, 1.82) is 5.26 Å². The van der Waals surface area contributed by atoms with E-state index in [9.17, 15) is 10.2 Å². The molecule has 0 atom stereocenters. The fourth-order valence-corrected chi connectivity index (χ4v) is 2.47. The van der Waals surface area contributed by atoms with Crippen LogP contribution in [0, 0.1) is 16.2 Å².